The van der Waals surface area contributed by atoms with Gasteiger partial charge in [-0.25, -0.2) is 9.18 Å². The Morgan fingerprint density at radius 2 is 2.10 bits per heavy atom. The Hall–Kier alpha value is -1.62. The Morgan fingerprint density at radius 1 is 1.43 bits per heavy atom. The summed E-state index contributed by atoms with van der Waals surface area (Å²) in [7, 11) is 0. The molecule has 0 bridgehead atoms. The van der Waals surface area contributed by atoms with Crippen LogP contribution in [-0.2, 0) is 11.2 Å². The molecule has 1 fully saturated rings. The van der Waals surface area contributed by atoms with Crippen molar-refractivity contribution in [2.24, 2.45) is 0 Å². The van der Waals surface area contributed by atoms with E-state index in [1.165, 1.54) is 12.1 Å². The molecule has 0 aromatic heterocycles. The van der Waals surface area contributed by atoms with E-state index in [0.717, 1.165) is 12.8 Å². The zero-order valence-electron chi connectivity index (χ0n) is 12.7. The highest BCUT2D eigenvalue weighted by Crippen LogP contribution is 2.39. The maximum Gasteiger partial charge on any atom is 0.412 e. The minimum absolute atomic E-state index is 0.325. The summed E-state index contributed by atoms with van der Waals surface area (Å²) in [6, 6.07) is 4.40. The van der Waals surface area contributed by atoms with Gasteiger partial charge in [-0.2, -0.15) is 0 Å². The monoisotopic (exact) mass is 295 g/mol. The number of aryl methyl sites for hydroxylation is 1. The zero-order chi connectivity index (χ0) is 15.7. The van der Waals surface area contributed by atoms with E-state index in [1.54, 1.807) is 26.8 Å². The second-order valence-electron chi connectivity index (χ2n) is 6.66. The number of benzene rings is 1. The van der Waals surface area contributed by atoms with E-state index < -0.39 is 17.3 Å². The molecule has 5 heteroatoms. The molecule has 0 aliphatic heterocycles. The van der Waals surface area contributed by atoms with Crippen LogP contribution in [0.4, 0.5) is 14.9 Å². The number of rotatable bonds is 4. The van der Waals surface area contributed by atoms with Gasteiger partial charge in [0.15, 0.2) is 0 Å². The highest BCUT2D eigenvalue weighted by molar-refractivity contribution is 5.84. The maximum absolute atomic E-state index is 13.7. The molecule has 0 spiro atoms. The molecule has 21 heavy (non-hydrogen) atoms. The molecule has 0 atom stereocenters. The van der Waals surface area contributed by atoms with Crippen molar-refractivity contribution in [1.29, 1.82) is 0 Å². The molecule has 1 aromatic carbocycles. The predicted octanol–water partition coefficient (Wildman–Crippen LogP) is 3.63. The first kappa shape index (κ1) is 15.8. The van der Waals surface area contributed by atoms with Crippen molar-refractivity contribution < 1.29 is 19.0 Å². The summed E-state index contributed by atoms with van der Waals surface area (Å²) in [6.45, 7) is 5.33. The van der Waals surface area contributed by atoms with E-state index in [0.29, 0.717) is 24.1 Å². The lowest BCUT2D eigenvalue weighted by Crippen LogP contribution is -2.27. The van der Waals surface area contributed by atoms with Crippen LogP contribution in [0, 0.1) is 5.82 Å². The topological polar surface area (TPSA) is 58.6 Å². The molecule has 2 rings (SSSR count). The quantitative estimate of drug-likeness (QED) is 0.891. The fourth-order valence-corrected chi connectivity index (χ4v) is 2.03. The van der Waals surface area contributed by atoms with Crippen LogP contribution in [-0.4, -0.2) is 22.4 Å². The van der Waals surface area contributed by atoms with Crippen LogP contribution in [0.5, 0.6) is 0 Å². The maximum atomic E-state index is 13.7. The van der Waals surface area contributed by atoms with E-state index >= 15 is 0 Å². The molecular weight excluding hydrogens is 273 g/mol. The van der Waals surface area contributed by atoms with Crippen molar-refractivity contribution in [3.63, 3.8) is 0 Å². The first-order valence-electron chi connectivity index (χ1n) is 7.18. The van der Waals surface area contributed by atoms with E-state index in [9.17, 15) is 14.3 Å². The van der Waals surface area contributed by atoms with Gasteiger partial charge in [0, 0.05) is 5.69 Å². The van der Waals surface area contributed by atoms with Gasteiger partial charge in [0.05, 0.1) is 5.60 Å². The van der Waals surface area contributed by atoms with Crippen LogP contribution >= 0.6 is 0 Å². The number of ether oxygens (including phenoxy) is 1. The molecule has 1 aromatic rings. The Kier molecular flexibility index (Phi) is 4.23. The van der Waals surface area contributed by atoms with Gasteiger partial charge in [-0.05, 0) is 70.2 Å². The molecule has 116 valence electrons. The number of hydrogen-bond acceptors (Lipinski definition) is 3. The summed E-state index contributed by atoms with van der Waals surface area (Å²) in [5, 5.41) is 12.4. The number of anilines is 1. The molecule has 0 saturated heterocycles. The van der Waals surface area contributed by atoms with Crippen molar-refractivity contribution >= 4 is 11.8 Å². The van der Waals surface area contributed by atoms with Crippen LogP contribution in [0.25, 0.3) is 0 Å². The average Bonchev–Trinajstić information content (AvgIpc) is 3.06. The fraction of sp³-hybridized carbons (Fsp3) is 0.562. The molecule has 1 aliphatic rings. The number of halogens is 1. The van der Waals surface area contributed by atoms with Crippen LogP contribution in [0.3, 0.4) is 0 Å². The molecular formula is C16H22FNO3. The molecule has 2 N–H and O–H groups in total. The molecule has 0 unspecified atom stereocenters. The lowest BCUT2D eigenvalue weighted by atomic mass is 10.0. The molecule has 1 aliphatic carbocycles. The average molecular weight is 295 g/mol. The van der Waals surface area contributed by atoms with Gasteiger partial charge >= 0.3 is 6.09 Å². The van der Waals surface area contributed by atoms with Gasteiger partial charge in [-0.15, -0.1) is 0 Å². The van der Waals surface area contributed by atoms with E-state index in [-0.39, 0.29) is 5.82 Å². The van der Waals surface area contributed by atoms with Gasteiger partial charge < -0.3 is 9.84 Å². The number of hydrogen-bond donors (Lipinski definition) is 2. The first-order valence-corrected chi connectivity index (χ1v) is 7.18. The Morgan fingerprint density at radius 3 is 2.67 bits per heavy atom. The lowest BCUT2D eigenvalue weighted by molar-refractivity contribution is 0.0636. The number of nitrogens with one attached hydrogen (secondary N) is 1. The van der Waals surface area contributed by atoms with E-state index in [2.05, 4.69) is 5.32 Å². The predicted molar refractivity (Wildman–Crippen MR) is 78.8 cm³/mol. The largest absolute Gasteiger partial charge is 0.444 e. The van der Waals surface area contributed by atoms with Crippen molar-refractivity contribution in [3.05, 3.63) is 29.6 Å². The van der Waals surface area contributed by atoms with Crippen molar-refractivity contribution in [2.45, 2.75) is 57.7 Å². The standard InChI is InChI=1S/C16H22FNO3/c1-15(2,3)21-14(19)18-12-4-5-13(17)11(10-12)6-7-16(20)8-9-16/h4-5,10,20H,6-9H2,1-3H3,(H,18,19). The van der Waals surface area contributed by atoms with Gasteiger partial charge in [0.25, 0.3) is 0 Å². The zero-order valence-corrected chi connectivity index (χ0v) is 12.7. The van der Waals surface area contributed by atoms with Gasteiger partial charge in [0.2, 0.25) is 0 Å². The summed E-state index contributed by atoms with van der Waals surface area (Å²) in [6.07, 6.45) is 1.99. The number of amides is 1. The van der Waals surface area contributed by atoms with E-state index in [1.807, 2.05) is 0 Å². The number of carbonyl (C=O) groups is 1. The van der Waals surface area contributed by atoms with Crippen molar-refractivity contribution in [2.75, 3.05) is 5.32 Å². The second-order valence-corrected chi connectivity index (χ2v) is 6.66. The number of carbonyl (C=O) groups excluding carboxylic acids is 1. The van der Waals surface area contributed by atoms with Gasteiger partial charge in [0.1, 0.15) is 11.4 Å². The summed E-state index contributed by atoms with van der Waals surface area (Å²) in [4.78, 5) is 11.7. The first-order chi connectivity index (χ1) is 9.67. The normalized spacial score (nSPS) is 16.4. The third-order valence-electron chi connectivity index (χ3n) is 3.38. The summed E-state index contributed by atoms with van der Waals surface area (Å²) in [5.41, 5.74) is -0.212. The summed E-state index contributed by atoms with van der Waals surface area (Å²) in [5.74, 6) is -0.325. The van der Waals surface area contributed by atoms with Gasteiger partial charge in [-0.1, -0.05) is 0 Å². The fourth-order valence-electron chi connectivity index (χ4n) is 2.03. The molecule has 0 heterocycles. The van der Waals surface area contributed by atoms with Crippen LogP contribution in [0.2, 0.25) is 0 Å². The molecule has 4 nitrogen and oxygen atoms in total. The minimum Gasteiger partial charge on any atom is -0.444 e. The Balaban J connectivity index is 1.98. The molecule has 1 saturated carbocycles. The summed E-state index contributed by atoms with van der Waals surface area (Å²) >= 11 is 0. The Bertz CT molecular complexity index is 533. The number of aliphatic hydroxyl groups is 1. The third-order valence-corrected chi connectivity index (χ3v) is 3.38. The second kappa shape index (κ2) is 5.64. The molecule has 0 radical (unpaired) electrons. The van der Waals surface area contributed by atoms with E-state index in [4.69, 9.17) is 4.74 Å². The SMILES string of the molecule is CC(C)(C)OC(=O)Nc1ccc(F)c(CCC2(O)CC2)c1. The smallest absolute Gasteiger partial charge is 0.412 e. The van der Waals surface area contributed by atoms with Crippen LogP contribution < -0.4 is 5.32 Å². The molecule has 1 amide bonds. The van der Waals surface area contributed by atoms with Gasteiger partial charge in [-0.3, -0.25) is 5.32 Å². The van der Waals surface area contributed by atoms with Crippen LogP contribution in [0.1, 0.15) is 45.6 Å². The minimum atomic E-state index is -0.610. The summed E-state index contributed by atoms with van der Waals surface area (Å²) < 4.78 is 18.9. The highest BCUT2D eigenvalue weighted by atomic mass is 19.1. The lowest BCUT2D eigenvalue weighted by Gasteiger charge is -2.20. The highest BCUT2D eigenvalue weighted by Gasteiger charge is 2.39. The Labute approximate surface area is 124 Å². The third kappa shape index (κ3) is 5.01. The van der Waals surface area contributed by atoms with Crippen LogP contribution in [0.15, 0.2) is 18.2 Å². The van der Waals surface area contributed by atoms with Crippen molar-refractivity contribution in [3.8, 4) is 0 Å². The van der Waals surface area contributed by atoms with Crippen molar-refractivity contribution in [1.82, 2.24) is 0 Å².